The lowest BCUT2D eigenvalue weighted by Crippen LogP contribution is -2.52. The molecule has 2 aromatic carbocycles. The Balaban J connectivity index is 1.65. The molecule has 2 atom stereocenters. The lowest BCUT2D eigenvalue weighted by molar-refractivity contribution is -0.130. The second-order valence-electron chi connectivity index (χ2n) is 8.66. The van der Waals surface area contributed by atoms with Crippen LogP contribution < -0.4 is 5.73 Å². The maximum absolute atomic E-state index is 13.6. The third kappa shape index (κ3) is 3.45. The predicted octanol–water partition coefficient (Wildman–Crippen LogP) is 3.83. The van der Waals surface area contributed by atoms with Crippen molar-refractivity contribution in [1.82, 2.24) is 14.7 Å². The topological polar surface area (TPSA) is 124 Å². The van der Waals surface area contributed by atoms with Crippen LogP contribution in [-0.4, -0.2) is 33.6 Å². The number of benzene rings is 2. The third-order valence-electron chi connectivity index (χ3n) is 6.51. The first kappa shape index (κ1) is 22.3. The maximum Gasteiger partial charge on any atom is 0.239 e. The summed E-state index contributed by atoms with van der Waals surface area (Å²) in [6, 6.07) is 21.3. The summed E-state index contributed by atoms with van der Waals surface area (Å²) in [6.45, 7) is 1.92. The number of guanidine groups is 1. The summed E-state index contributed by atoms with van der Waals surface area (Å²) in [4.78, 5) is 21.6. The van der Waals surface area contributed by atoms with Gasteiger partial charge in [0.2, 0.25) is 5.91 Å². The molecule has 0 saturated carbocycles. The minimum atomic E-state index is -0.954. The number of aromatic nitrogens is 2. The van der Waals surface area contributed by atoms with E-state index in [4.69, 9.17) is 10.7 Å². The molecule has 0 saturated heterocycles. The number of hydrogen-bond donors (Lipinski definition) is 1. The molecule has 172 valence electrons. The average molecular weight is 480 g/mol. The van der Waals surface area contributed by atoms with Crippen molar-refractivity contribution in [3.05, 3.63) is 76.3 Å². The third-order valence-corrected chi connectivity index (χ3v) is 7.87. The van der Waals surface area contributed by atoms with Crippen LogP contribution in [0, 0.1) is 22.7 Å². The molecular weight excluding hydrogens is 458 g/mol. The Kier molecular flexibility index (Phi) is 5.16. The van der Waals surface area contributed by atoms with Crippen molar-refractivity contribution >= 4 is 34.1 Å². The van der Waals surface area contributed by atoms with Gasteiger partial charge in [-0.2, -0.15) is 15.6 Å². The van der Waals surface area contributed by atoms with Crippen LogP contribution in [0.3, 0.4) is 0 Å². The monoisotopic (exact) mass is 479 g/mol. The van der Waals surface area contributed by atoms with Gasteiger partial charge in [0, 0.05) is 29.2 Å². The Labute approximate surface area is 206 Å². The zero-order valence-electron chi connectivity index (χ0n) is 19.4. The van der Waals surface area contributed by atoms with Gasteiger partial charge in [-0.25, -0.2) is 4.99 Å². The molecule has 0 bridgehead atoms. The van der Waals surface area contributed by atoms with E-state index in [0.717, 1.165) is 26.3 Å². The fourth-order valence-electron chi connectivity index (χ4n) is 4.63. The Morgan fingerprint density at radius 2 is 1.89 bits per heavy atom. The van der Waals surface area contributed by atoms with E-state index in [1.54, 1.807) is 24.8 Å². The Morgan fingerprint density at radius 3 is 2.63 bits per heavy atom. The lowest BCUT2D eigenvalue weighted by Gasteiger charge is -2.40. The molecule has 9 heteroatoms. The molecule has 1 aliphatic rings. The normalized spacial score (nSPS) is 19.9. The summed E-state index contributed by atoms with van der Waals surface area (Å²) in [5, 5.41) is 23.9. The highest BCUT2D eigenvalue weighted by Crippen LogP contribution is 2.47. The highest BCUT2D eigenvalue weighted by molar-refractivity contribution is 7.15. The van der Waals surface area contributed by atoms with Crippen LogP contribution in [0.5, 0.6) is 0 Å². The number of hydrogen-bond acceptors (Lipinski definition) is 7. The van der Waals surface area contributed by atoms with E-state index in [2.05, 4.69) is 17.2 Å². The van der Waals surface area contributed by atoms with Crippen molar-refractivity contribution in [2.24, 2.45) is 17.8 Å². The van der Waals surface area contributed by atoms with Gasteiger partial charge in [0.15, 0.2) is 5.96 Å². The van der Waals surface area contributed by atoms with Gasteiger partial charge in [0.25, 0.3) is 0 Å². The minimum absolute atomic E-state index is 0.154. The number of rotatable bonds is 3. The van der Waals surface area contributed by atoms with Crippen molar-refractivity contribution in [2.75, 3.05) is 7.05 Å². The van der Waals surface area contributed by atoms with E-state index in [9.17, 15) is 15.3 Å². The van der Waals surface area contributed by atoms with E-state index in [1.807, 2.05) is 55.5 Å². The number of nitrogens with zero attached hydrogens (tertiary/aromatic N) is 6. The van der Waals surface area contributed by atoms with Crippen molar-refractivity contribution in [2.45, 2.75) is 18.4 Å². The van der Waals surface area contributed by atoms with Crippen molar-refractivity contribution in [3.63, 3.8) is 0 Å². The molecule has 0 aliphatic carbocycles. The molecule has 5 rings (SSSR count). The molecule has 1 aliphatic heterocycles. The molecule has 2 aromatic heterocycles. The largest absolute Gasteiger partial charge is 0.369 e. The van der Waals surface area contributed by atoms with Gasteiger partial charge < -0.3 is 5.73 Å². The first-order valence-electron chi connectivity index (χ1n) is 10.9. The number of fused-ring (bicyclic) bond motifs is 1. The molecule has 2 N–H and O–H groups in total. The van der Waals surface area contributed by atoms with E-state index >= 15 is 0 Å². The Hall–Kier alpha value is -4.47. The highest BCUT2D eigenvalue weighted by atomic mass is 32.1. The summed E-state index contributed by atoms with van der Waals surface area (Å²) >= 11 is 1.52. The average Bonchev–Trinajstić information content (AvgIpc) is 3.47. The standard InChI is InChI=1S/C26H21N7OS/c1-26(22-10-9-21(35-22)16-6-4-5-15(11-16)13-27)23(24(34)32(2)25(29)30-26)17-7-8-18-19(12-17)31-33(3)20(18)14-28/h4-12,23H,1-3H3,(H2,29,30)/t23-,26+/m0/s1. The molecule has 0 spiro atoms. The number of nitriles is 2. The van der Waals surface area contributed by atoms with Crippen LogP contribution in [0.2, 0.25) is 0 Å². The van der Waals surface area contributed by atoms with E-state index in [0.29, 0.717) is 16.8 Å². The van der Waals surface area contributed by atoms with Crippen molar-refractivity contribution in [3.8, 4) is 22.6 Å². The molecule has 0 fully saturated rings. The number of likely N-dealkylation sites (N-methyl/N-ethyl adjacent to an activating group) is 1. The second kappa shape index (κ2) is 8.08. The zero-order chi connectivity index (χ0) is 24.9. The van der Waals surface area contributed by atoms with Gasteiger partial charge >= 0.3 is 0 Å². The molecule has 0 unspecified atom stereocenters. The van der Waals surface area contributed by atoms with Crippen LogP contribution in [0.4, 0.5) is 0 Å². The van der Waals surface area contributed by atoms with Gasteiger partial charge in [-0.15, -0.1) is 11.3 Å². The van der Waals surface area contributed by atoms with Gasteiger partial charge in [0.1, 0.15) is 17.3 Å². The molecular formula is C26H21N7OS. The van der Waals surface area contributed by atoms with Gasteiger partial charge in [-0.3, -0.25) is 14.4 Å². The summed E-state index contributed by atoms with van der Waals surface area (Å²) < 4.78 is 1.54. The van der Waals surface area contributed by atoms with Crippen LogP contribution in [0.1, 0.15) is 34.5 Å². The van der Waals surface area contributed by atoms with E-state index in [-0.39, 0.29) is 11.9 Å². The van der Waals surface area contributed by atoms with E-state index < -0.39 is 11.5 Å². The Bertz CT molecular complexity index is 1620. The molecule has 8 nitrogen and oxygen atoms in total. The molecule has 35 heavy (non-hydrogen) atoms. The maximum atomic E-state index is 13.6. The SMILES string of the molecule is CN1C(=O)[C@H](c2ccc3c(C#N)n(C)nc3c2)[C@@](C)(c2ccc(-c3cccc(C#N)c3)s2)N=C1N. The first-order chi connectivity index (χ1) is 16.8. The quantitative estimate of drug-likeness (QED) is 0.478. The zero-order valence-corrected chi connectivity index (χ0v) is 20.2. The number of aliphatic imine (C=N–C) groups is 1. The van der Waals surface area contributed by atoms with Gasteiger partial charge in [-0.1, -0.05) is 18.2 Å². The van der Waals surface area contributed by atoms with Crippen molar-refractivity contribution < 1.29 is 4.79 Å². The molecule has 0 radical (unpaired) electrons. The fourth-order valence-corrected chi connectivity index (χ4v) is 5.75. The number of nitrogens with two attached hydrogens (primary N) is 1. The summed E-state index contributed by atoms with van der Waals surface area (Å²) in [5.74, 6) is -0.660. The highest BCUT2D eigenvalue weighted by Gasteiger charge is 2.48. The summed E-state index contributed by atoms with van der Waals surface area (Å²) in [6.07, 6.45) is 0. The number of amides is 1. The number of aryl methyl sites for hydroxylation is 1. The first-order valence-corrected chi connectivity index (χ1v) is 11.7. The molecule has 3 heterocycles. The lowest BCUT2D eigenvalue weighted by atomic mass is 9.77. The minimum Gasteiger partial charge on any atom is -0.369 e. The van der Waals surface area contributed by atoms with Crippen LogP contribution >= 0.6 is 11.3 Å². The number of thiophene rings is 1. The van der Waals surface area contributed by atoms with E-state index in [1.165, 1.54) is 16.2 Å². The van der Waals surface area contributed by atoms with Gasteiger partial charge in [-0.05, 0) is 54.4 Å². The fraction of sp³-hybridized carbons (Fsp3) is 0.192. The van der Waals surface area contributed by atoms with Crippen LogP contribution in [0.15, 0.2) is 59.6 Å². The smallest absolute Gasteiger partial charge is 0.239 e. The van der Waals surface area contributed by atoms with Crippen molar-refractivity contribution in [1.29, 1.82) is 10.5 Å². The Morgan fingerprint density at radius 1 is 1.09 bits per heavy atom. The molecule has 4 aromatic rings. The molecule has 1 amide bonds. The predicted molar refractivity (Wildman–Crippen MR) is 134 cm³/mol. The summed E-state index contributed by atoms with van der Waals surface area (Å²) in [7, 11) is 3.34. The number of carbonyl (C=O) groups excluding carboxylic acids is 1. The second-order valence-corrected chi connectivity index (χ2v) is 9.75. The van der Waals surface area contributed by atoms with Gasteiger partial charge in [0.05, 0.1) is 23.1 Å². The summed E-state index contributed by atoms with van der Waals surface area (Å²) in [5.41, 5.74) is 8.59. The van der Waals surface area contributed by atoms with Crippen LogP contribution in [-0.2, 0) is 17.4 Å². The number of carbonyl (C=O) groups is 1. The van der Waals surface area contributed by atoms with Crippen LogP contribution in [0.25, 0.3) is 21.3 Å².